The minimum absolute atomic E-state index is 0.226. The summed E-state index contributed by atoms with van der Waals surface area (Å²) in [6.45, 7) is 7.60. The molecule has 1 saturated heterocycles. The zero-order chi connectivity index (χ0) is 16.7. The van der Waals surface area contributed by atoms with Crippen molar-refractivity contribution >= 4 is 5.91 Å². The van der Waals surface area contributed by atoms with Gasteiger partial charge in [-0.05, 0) is 62.4 Å². The van der Waals surface area contributed by atoms with Gasteiger partial charge in [0, 0.05) is 13.5 Å². The van der Waals surface area contributed by atoms with Crippen LogP contribution in [0.5, 0.6) is 5.75 Å². The molecular weight excluding hydrogens is 288 g/mol. The van der Waals surface area contributed by atoms with Crippen LogP contribution in [0.2, 0.25) is 0 Å². The van der Waals surface area contributed by atoms with Crippen LogP contribution in [0.25, 0.3) is 0 Å². The number of piperidine rings is 1. The molecule has 1 heterocycles. The smallest absolute Gasteiger partial charge is 0.222 e. The maximum absolute atomic E-state index is 12.3. The molecule has 4 nitrogen and oxygen atoms in total. The number of aryl methyl sites for hydroxylation is 1. The quantitative estimate of drug-likeness (QED) is 0.840. The Labute approximate surface area is 140 Å². The number of hydrogen-bond donors (Lipinski definition) is 1. The van der Waals surface area contributed by atoms with E-state index in [1.807, 2.05) is 38.2 Å². The van der Waals surface area contributed by atoms with Crippen LogP contribution >= 0.6 is 0 Å². The van der Waals surface area contributed by atoms with Gasteiger partial charge in [0.2, 0.25) is 5.91 Å². The van der Waals surface area contributed by atoms with Crippen LogP contribution in [-0.4, -0.2) is 44.1 Å². The molecule has 1 aliphatic heterocycles. The molecule has 128 valence electrons. The van der Waals surface area contributed by atoms with E-state index in [1.54, 1.807) is 4.90 Å². The number of nitrogens with one attached hydrogen (secondary N) is 1. The van der Waals surface area contributed by atoms with Crippen molar-refractivity contribution in [3.8, 4) is 5.75 Å². The molecule has 0 bridgehead atoms. The second-order valence-electron chi connectivity index (χ2n) is 6.75. The Hall–Kier alpha value is -1.55. The molecule has 0 spiro atoms. The zero-order valence-corrected chi connectivity index (χ0v) is 14.7. The largest absolute Gasteiger partial charge is 0.492 e. The van der Waals surface area contributed by atoms with Crippen LogP contribution < -0.4 is 10.1 Å². The van der Waals surface area contributed by atoms with Gasteiger partial charge in [-0.15, -0.1) is 0 Å². The predicted octanol–water partition coefficient (Wildman–Crippen LogP) is 2.86. The van der Waals surface area contributed by atoms with Crippen molar-refractivity contribution in [2.45, 2.75) is 33.1 Å². The predicted molar refractivity (Wildman–Crippen MR) is 93.7 cm³/mol. The minimum Gasteiger partial charge on any atom is -0.492 e. The van der Waals surface area contributed by atoms with E-state index in [0.29, 0.717) is 31.4 Å². The molecule has 1 aromatic rings. The van der Waals surface area contributed by atoms with Crippen LogP contribution in [0.3, 0.4) is 0 Å². The topological polar surface area (TPSA) is 41.6 Å². The van der Waals surface area contributed by atoms with E-state index in [2.05, 4.69) is 12.2 Å². The third-order valence-corrected chi connectivity index (χ3v) is 4.80. The molecule has 1 N–H and O–H groups in total. The van der Waals surface area contributed by atoms with Gasteiger partial charge in [0.05, 0.1) is 6.54 Å². The second kappa shape index (κ2) is 8.92. The lowest BCUT2D eigenvalue weighted by Crippen LogP contribution is -2.35. The average Bonchev–Trinajstić information content (AvgIpc) is 2.55. The van der Waals surface area contributed by atoms with Gasteiger partial charge in [0.25, 0.3) is 0 Å². The number of hydrogen-bond acceptors (Lipinski definition) is 3. The molecule has 1 atom stereocenters. The highest BCUT2D eigenvalue weighted by Gasteiger charge is 2.23. The number of likely N-dealkylation sites (N-methyl/N-ethyl adjacent to an activating group) is 1. The molecule has 1 aliphatic rings. The Morgan fingerprint density at radius 3 is 2.83 bits per heavy atom. The lowest BCUT2D eigenvalue weighted by Gasteiger charge is -2.29. The molecule has 1 aromatic carbocycles. The molecule has 0 radical (unpaired) electrons. The molecule has 0 saturated carbocycles. The van der Waals surface area contributed by atoms with Crippen LogP contribution in [0.1, 0.15) is 31.7 Å². The van der Waals surface area contributed by atoms with Crippen molar-refractivity contribution in [2.24, 2.45) is 11.8 Å². The summed E-state index contributed by atoms with van der Waals surface area (Å²) in [4.78, 5) is 14.1. The third-order valence-electron chi connectivity index (χ3n) is 4.80. The highest BCUT2D eigenvalue weighted by molar-refractivity contribution is 5.76. The Balaban J connectivity index is 1.69. The highest BCUT2D eigenvalue weighted by Crippen LogP contribution is 2.24. The summed E-state index contributed by atoms with van der Waals surface area (Å²) in [6, 6.07) is 8.00. The van der Waals surface area contributed by atoms with E-state index in [0.717, 1.165) is 18.8 Å². The molecule has 1 unspecified atom stereocenters. The van der Waals surface area contributed by atoms with Crippen molar-refractivity contribution in [2.75, 3.05) is 33.3 Å². The summed E-state index contributed by atoms with van der Waals surface area (Å²) in [7, 11) is 1.87. The maximum atomic E-state index is 12.3. The van der Waals surface area contributed by atoms with E-state index in [-0.39, 0.29) is 5.91 Å². The normalized spacial score (nSPS) is 16.8. The zero-order valence-electron chi connectivity index (χ0n) is 14.7. The molecular formula is C19H30N2O2. The summed E-state index contributed by atoms with van der Waals surface area (Å²) in [5.74, 6) is 2.24. The average molecular weight is 318 g/mol. The monoisotopic (exact) mass is 318 g/mol. The Kier molecular flexibility index (Phi) is 6.90. The van der Waals surface area contributed by atoms with Crippen molar-refractivity contribution < 1.29 is 9.53 Å². The third kappa shape index (κ3) is 5.87. The van der Waals surface area contributed by atoms with Crippen molar-refractivity contribution in [3.05, 3.63) is 29.8 Å². The summed E-state index contributed by atoms with van der Waals surface area (Å²) in [5.41, 5.74) is 1.18. The lowest BCUT2D eigenvalue weighted by atomic mass is 9.84. The van der Waals surface area contributed by atoms with Crippen LogP contribution in [-0.2, 0) is 4.79 Å². The molecule has 2 rings (SSSR count). The molecule has 0 aromatic heterocycles. The first-order chi connectivity index (χ1) is 11.1. The maximum Gasteiger partial charge on any atom is 0.222 e. The number of rotatable bonds is 7. The number of benzene rings is 1. The number of amides is 1. The van der Waals surface area contributed by atoms with Gasteiger partial charge in [0.1, 0.15) is 12.4 Å². The summed E-state index contributed by atoms with van der Waals surface area (Å²) in [5, 5.41) is 3.38. The fourth-order valence-electron chi connectivity index (χ4n) is 3.14. The molecule has 0 aliphatic carbocycles. The first kappa shape index (κ1) is 17.8. The van der Waals surface area contributed by atoms with E-state index < -0.39 is 0 Å². The first-order valence-corrected chi connectivity index (χ1v) is 8.70. The molecule has 1 amide bonds. The summed E-state index contributed by atoms with van der Waals surface area (Å²) >= 11 is 0. The second-order valence-corrected chi connectivity index (χ2v) is 6.75. The fraction of sp³-hybridized carbons (Fsp3) is 0.632. The lowest BCUT2D eigenvalue weighted by molar-refractivity contribution is -0.131. The van der Waals surface area contributed by atoms with Gasteiger partial charge in [-0.3, -0.25) is 4.79 Å². The Morgan fingerprint density at radius 1 is 1.39 bits per heavy atom. The fourth-order valence-corrected chi connectivity index (χ4v) is 3.14. The van der Waals surface area contributed by atoms with Crippen molar-refractivity contribution in [1.29, 1.82) is 0 Å². The minimum atomic E-state index is 0.226. The molecule has 23 heavy (non-hydrogen) atoms. The van der Waals surface area contributed by atoms with Crippen molar-refractivity contribution in [1.82, 2.24) is 10.2 Å². The SMILES string of the molecule is Cc1cccc(OCCN(C)C(=O)CC(C)C2CCNCC2)c1. The number of ether oxygens (including phenoxy) is 1. The highest BCUT2D eigenvalue weighted by atomic mass is 16.5. The van der Waals surface area contributed by atoms with Gasteiger partial charge < -0.3 is 15.0 Å². The van der Waals surface area contributed by atoms with E-state index in [9.17, 15) is 4.79 Å². The van der Waals surface area contributed by atoms with Crippen molar-refractivity contribution in [3.63, 3.8) is 0 Å². The number of carbonyl (C=O) groups is 1. The Bertz CT molecular complexity index is 498. The Morgan fingerprint density at radius 2 is 2.13 bits per heavy atom. The van der Waals surface area contributed by atoms with Crippen LogP contribution in [0.15, 0.2) is 24.3 Å². The standard InChI is InChI=1S/C19H30N2O2/c1-15-5-4-6-18(13-15)23-12-11-21(3)19(22)14-16(2)17-7-9-20-10-8-17/h4-6,13,16-17,20H,7-12,14H2,1-3H3. The first-order valence-electron chi connectivity index (χ1n) is 8.70. The van der Waals surface area contributed by atoms with Gasteiger partial charge in [-0.25, -0.2) is 0 Å². The summed E-state index contributed by atoms with van der Waals surface area (Å²) < 4.78 is 5.73. The van der Waals surface area contributed by atoms with Gasteiger partial charge in [-0.1, -0.05) is 19.1 Å². The van der Waals surface area contributed by atoms with E-state index in [1.165, 1.54) is 18.4 Å². The van der Waals surface area contributed by atoms with Gasteiger partial charge >= 0.3 is 0 Å². The molecule has 1 fully saturated rings. The van der Waals surface area contributed by atoms with Gasteiger partial charge in [-0.2, -0.15) is 0 Å². The van der Waals surface area contributed by atoms with Gasteiger partial charge in [0.15, 0.2) is 0 Å². The molecule has 4 heteroatoms. The summed E-state index contributed by atoms with van der Waals surface area (Å²) in [6.07, 6.45) is 3.02. The van der Waals surface area contributed by atoms with E-state index >= 15 is 0 Å². The van der Waals surface area contributed by atoms with Crippen LogP contribution in [0.4, 0.5) is 0 Å². The van der Waals surface area contributed by atoms with E-state index in [4.69, 9.17) is 4.74 Å². The number of nitrogens with zero attached hydrogens (tertiary/aromatic N) is 1. The number of carbonyl (C=O) groups excluding carboxylic acids is 1. The van der Waals surface area contributed by atoms with Crippen LogP contribution in [0, 0.1) is 18.8 Å².